The molecule has 0 bridgehead atoms. The monoisotopic (exact) mass is 361 g/mol. The van der Waals surface area contributed by atoms with Crippen molar-refractivity contribution in [3.63, 3.8) is 0 Å². The highest BCUT2D eigenvalue weighted by atomic mass is 32.2. The number of fused-ring (bicyclic) bond motifs is 1. The number of aromatic nitrogens is 2. The van der Waals surface area contributed by atoms with Crippen LogP contribution >= 0.6 is 11.8 Å². The Morgan fingerprint density at radius 3 is 2.80 bits per heavy atom. The van der Waals surface area contributed by atoms with E-state index in [0.29, 0.717) is 18.4 Å². The normalized spacial score (nSPS) is 26.8. The zero-order valence-electron chi connectivity index (χ0n) is 14.9. The lowest BCUT2D eigenvalue weighted by Crippen LogP contribution is -2.54. The van der Waals surface area contributed by atoms with Crippen LogP contribution in [0.2, 0.25) is 0 Å². The molecule has 1 aliphatic carbocycles. The number of hydrogen-bond acceptors (Lipinski definition) is 4. The molecule has 0 unspecified atom stereocenters. The third kappa shape index (κ3) is 3.64. The molecular formula is C19H27N3O2S. The van der Waals surface area contributed by atoms with Crippen molar-refractivity contribution in [3.8, 4) is 0 Å². The van der Waals surface area contributed by atoms with Gasteiger partial charge in [0, 0.05) is 43.2 Å². The van der Waals surface area contributed by atoms with Gasteiger partial charge in [-0.05, 0) is 42.9 Å². The first-order valence-electron chi connectivity index (χ1n) is 9.56. The standard InChI is InChI=1S/C19H27N3O2S/c1-13-2-4-15(5-3-13)19(24)21-9-14(10-21)11-22-18(23)8-16-12-25-7-6-17(16)20-22/h8,13-15H,2-7,9-12H2,1H3. The van der Waals surface area contributed by atoms with Crippen molar-refractivity contribution in [2.24, 2.45) is 17.8 Å². The molecule has 0 radical (unpaired) electrons. The van der Waals surface area contributed by atoms with E-state index in [0.717, 1.165) is 61.0 Å². The number of rotatable bonds is 3. The summed E-state index contributed by atoms with van der Waals surface area (Å²) < 4.78 is 1.63. The van der Waals surface area contributed by atoms with Crippen LogP contribution in [-0.4, -0.2) is 39.4 Å². The van der Waals surface area contributed by atoms with Crippen LogP contribution in [0.3, 0.4) is 0 Å². The highest BCUT2D eigenvalue weighted by Gasteiger charge is 2.36. The average Bonchev–Trinajstić information content (AvgIpc) is 2.58. The highest BCUT2D eigenvalue weighted by molar-refractivity contribution is 7.98. The Morgan fingerprint density at radius 1 is 1.28 bits per heavy atom. The van der Waals surface area contributed by atoms with Gasteiger partial charge in [0.15, 0.2) is 0 Å². The van der Waals surface area contributed by atoms with Gasteiger partial charge in [0.1, 0.15) is 0 Å². The van der Waals surface area contributed by atoms with E-state index < -0.39 is 0 Å². The smallest absolute Gasteiger partial charge is 0.267 e. The topological polar surface area (TPSA) is 55.2 Å². The minimum absolute atomic E-state index is 0.00675. The molecule has 136 valence electrons. The molecule has 1 saturated heterocycles. The molecule has 2 fully saturated rings. The van der Waals surface area contributed by atoms with Gasteiger partial charge in [0.05, 0.1) is 12.2 Å². The second-order valence-corrected chi connectivity index (χ2v) is 9.11. The van der Waals surface area contributed by atoms with Gasteiger partial charge in [-0.1, -0.05) is 6.92 Å². The fraction of sp³-hybridized carbons (Fsp3) is 0.737. The summed E-state index contributed by atoms with van der Waals surface area (Å²) in [6.45, 7) is 4.49. The molecule has 1 aromatic rings. The Hall–Kier alpha value is -1.30. The number of carbonyl (C=O) groups excluding carboxylic acids is 1. The fourth-order valence-corrected chi connectivity index (χ4v) is 5.21. The summed E-state index contributed by atoms with van der Waals surface area (Å²) in [5.74, 6) is 3.71. The van der Waals surface area contributed by atoms with E-state index in [2.05, 4.69) is 12.0 Å². The van der Waals surface area contributed by atoms with Gasteiger partial charge in [0.2, 0.25) is 5.91 Å². The first-order valence-corrected chi connectivity index (χ1v) is 10.7. The van der Waals surface area contributed by atoms with E-state index in [-0.39, 0.29) is 11.5 Å². The molecule has 0 atom stereocenters. The number of carbonyl (C=O) groups is 1. The van der Waals surface area contributed by atoms with Gasteiger partial charge < -0.3 is 4.90 Å². The summed E-state index contributed by atoms with van der Waals surface area (Å²) >= 11 is 1.87. The predicted octanol–water partition coefficient (Wildman–Crippen LogP) is 2.32. The zero-order valence-corrected chi connectivity index (χ0v) is 15.8. The summed E-state index contributed by atoms with van der Waals surface area (Å²) in [7, 11) is 0. The summed E-state index contributed by atoms with van der Waals surface area (Å²) in [6.07, 6.45) is 5.41. The number of hydrogen-bond donors (Lipinski definition) is 0. The summed E-state index contributed by atoms with van der Waals surface area (Å²) in [5.41, 5.74) is 2.20. The van der Waals surface area contributed by atoms with Gasteiger partial charge in [-0.2, -0.15) is 16.9 Å². The van der Waals surface area contributed by atoms with E-state index >= 15 is 0 Å². The molecule has 25 heavy (non-hydrogen) atoms. The van der Waals surface area contributed by atoms with Gasteiger partial charge in [-0.25, -0.2) is 4.68 Å². The predicted molar refractivity (Wildman–Crippen MR) is 99.6 cm³/mol. The molecule has 3 heterocycles. The van der Waals surface area contributed by atoms with Crippen molar-refractivity contribution in [2.45, 2.75) is 51.3 Å². The lowest BCUT2D eigenvalue weighted by molar-refractivity contribution is -0.143. The molecule has 6 heteroatoms. The first-order chi connectivity index (χ1) is 12.1. The lowest BCUT2D eigenvalue weighted by atomic mass is 9.81. The maximum atomic E-state index is 12.6. The average molecular weight is 362 g/mol. The van der Waals surface area contributed by atoms with E-state index in [1.54, 1.807) is 10.7 Å². The Labute approximate surface area is 153 Å². The summed E-state index contributed by atoms with van der Waals surface area (Å²) in [4.78, 5) is 26.8. The van der Waals surface area contributed by atoms with Crippen LogP contribution in [0.5, 0.6) is 0 Å². The van der Waals surface area contributed by atoms with Crippen molar-refractivity contribution >= 4 is 17.7 Å². The molecule has 4 rings (SSSR count). The van der Waals surface area contributed by atoms with Crippen LogP contribution in [-0.2, 0) is 23.5 Å². The lowest BCUT2D eigenvalue weighted by Gasteiger charge is -2.42. The zero-order chi connectivity index (χ0) is 17.4. The van der Waals surface area contributed by atoms with Crippen molar-refractivity contribution in [1.29, 1.82) is 0 Å². The number of nitrogens with zero attached hydrogens (tertiary/aromatic N) is 3. The number of amides is 1. The highest BCUT2D eigenvalue weighted by Crippen LogP contribution is 2.31. The van der Waals surface area contributed by atoms with Gasteiger partial charge in [-0.3, -0.25) is 9.59 Å². The summed E-state index contributed by atoms with van der Waals surface area (Å²) in [6, 6.07) is 1.76. The van der Waals surface area contributed by atoms with E-state index in [1.807, 2.05) is 16.7 Å². The molecule has 2 aliphatic heterocycles. The quantitative estimate of drug-likeness (QED) is 0.829. The summed E-state index contributed by atoms with van der Waals surface area (Å²) in [5, 5.41) is 4.59. The minimum Gasteiger partial charge on any atom is -0.342 e. The van der Waals surface area contributed by atoms with Gasteiger partial charge in [0.25, 0.3) is 5.56 Å². The van der Waals surface area contributed by atoms with Crippen LogP contribution in [0.1, 0.15) is 43.9 Å². The Morgan fingerprint density at radius 2 is 2.04 bits per heavy atom. The molecule has 0 aromatic carbocycles. The molecule has 5 nitrogen and oxygen atoms in total. The molecule has 0 spiro atoms. The van der Waals surface area contributed by atoms with Crippen LogP contribution < -0.4 is 5.56 Å². The maximum absolute atomic E-state index is 12.6. The second kappa shape index (κ2) is 7.14. The Kier molecular flexibility index (Phi) is 4.89. The Balaban J connectivity index is 1.33. The molecule has 1 aromatic heterocycles. The Bertz CT molecular complexity index is 703. The van der Waals surface area contributed by atoms with Crippen LogP contribution in [0.15, 0.2) is 10.9 Å². The van der Waals surface area contributed by atoms with Crippen LogP contribution in [0, 0.1) is 17.8 Å². The van der Waals surface area contributed by atoms with Crippen molar-refractivity contribution in [1.82, 2.24) is 14.7 Å². The molecule has 1 amide bonds. The fourth-order valence-electron chi connectivity index (χ4n) is 4.26. The molecule has 3 aliphatic rings. The molecular weight excluding hydrogens is 334 g/mol. The number of likely N-dealkylation sites (tertiary alicyclic amines) is 1. The van der Waals surface area contributed by atoms with Crippen molar-refractivity contribution < 1.29 is 4.79 Å². The van der Waals surface area contributed by atoms with E-state index in [4.69, 9.17) is 0 Å². The second-order valence-electron chi connectivity index (χ2n) is 8.01. The van der Waals surface area contributed by atoms with Crippen LogP contribution in [0.4, 0.5) is 0 Å². The SMILES string of the molecule is CC1CCC(C(=O)N2CC(Cn3nc4c(cc3=O)CSCC4)C2)CC1. The molecule has 1 saturated carbocycles. The van der Waals surface area contributed by atoms with E-state index in [1.165, 1.54) is 12.8 Å². The van der Waals surface area contributed by atoms with Crippen molar-refractivity contribution in [3.05, 3.63) is 27.7 Å². The third-order valence-electron chi connectivity index (χ3n) is 5.97. The van der Waals surface area contributed by atoms with Gasteiger partial charge >= 0.3 is 0 Å². The molecule has 0 N–H and O–H groups in total. The first kappa shape index (κ1) is 17.1. The third-order valence-corrected chi connectivity index (χ3v) is 6.98. The van der Waals surface area contributed by atoms with E-state index in [9.17, 15) is 9.59 Å². The van der Waals surface area contributed by atoms with Crippen molar-refractivity contribution in [2.75, 3.05) is 18.8 Å². The number of aryl methyl sites for hydroxylation is 1. The van der Waals surface area contributed by atoms with Crippen LogP contribution in [0.25, 0.3) is 0 Å². The maximum Gasteiger partial charge on any atom is 0.267 e. The van der Waals surface area contributed by atoms with Gasteiger partial charge in [-0.15, -0.1) is 0 Å². The minimum atomic E-state index is 0.00675. The number of thioether (sulfide) groups is 1. The largest absolute Gasteiger partial charge is 0.342 e.